The van der Waals surface area contributed by atoms with Crippen molar-refractivity contribution in [1.29, 1.82) is 0 Å². The maximum Gasteiger partial charge on any atom is 0.0661 e. The van der Waals surface area contributed by atoms with Crippen LogP contribution >= 0.6 is 0 Å². The fraction of sp³-hybridized carbons (Fsp3) is 0.600. The lowest BCUT2D eigenvalue weighted by Crippen LogP contribution is -2.46. The Morgan fingerprint density at radius 3 is 2.89 bits per heavy atom. The summed E-state index contributed by atoms with van der Waals surface area (Å²) in [6.45, 7) is 4.46. The van der Waals surface area contributed by atoms with Crippen LogP contribution in [-0.2, 0) is 0 Å². The van der Waals surface area contributed by atoms with Crippen molar-refractivity contribution in [3.63, 3.8) is 0 Å². The van der Waals surface area contributed by atoms with Gasteiger partial charge in [0, 0.05) is 0 Å². The SMILES string of the molecule is Cc1ccc(NC2(CO)CCCC(C)C2)c(N)c1. The summed E-state index contributed by atoms with van der Waals surface area (Å²) in [7, 11) is 0. The third-order valence-corrected chi connectivity index (χ3v) is 4.00. The number of aliphatic hydroxyl groups is 1. The molecule has 3 heteroatoms. The number of hydrogen-bond donors (Lipinski definition) is 3. The zero-order valence-corrected chi connectivity index (χ0v) is 11.4. The molecular weight excluding hydrogens is 224 g/mol. The van der Waals surface area contributed by atoms with E-state index >= 15 is 0 Å². The second-order valence-electron chi connectivity index (χ2n) is 5.86. The van der Waals surface area contributed by atoms with Crippen LogP contribution in [0.1, 0.15) is 38.2 Å². The highest BCUT2D eigenvalue weighted by molar-refractivity contribution is 5.68. The van der Waals surface area contributed by atoms with Crippen LogP contribution in [0, 0.1) is 12.8 Å². The number of aliphatic hydroxyl groups excluding tert-OH is 1. The van der Waals surface area contributed by atoms with Crippen LogP contribution in [0.5, 0.6) is 0 Å². The zero-order chi connectivity index (χ0) is 13.2. The highest BCUT2D eigenvalue weighted by atomic mass is 16.3. The molecule has 2 unspecified atom stereocenters. The fourth-order valence-corrected chi connectivity index (χ4v) is 3.04. The highest BCUT2D eigenvalue weighted by Crippen LogP contribution is 2.36. The molecule has 1 fully saturated rings. The van der Waals surface area contributed by atoms with Crippen molar-refractivity contribution in [2.45, 2.75) is 45.1 Å². The lowest BCUT2D eigenvalue weighted by Gasteiger charge is -2.40. The van der Waals surface area contributed by atoms with E-state index in [1.54, 1.807) is 0 Å². The standard InChI is InChI=1S/C15H24N2O/c1-11-5-6-14(13(16)8-11)17-15(10-18)7-3-4-12(2)9-15/h5-6,8,12,17-18H,3-4,7,9-10,16H2,1-2H3. The van der Waals surface area contributed by atoms with Crippen molar-refractivity contribution in [2.24, 2.45) is 5.92 Å². The second kappa shape index (κ2) is 5.19. The van der Waals surface area contributed by atoms with Crippen LogP contribution < -0.4 is 11.1 Å². The van der Waals surface area contributed by atoms with Gasteiger partial charge in [0.25, 0.3) is 0 Å². The summed E-state index contributed by atoms with van der Waals surface area (Å²) in [5.74, 6) is 0.657. The van der Waals surface area contributed by atoms with E-state index in [1.165, 1.54) is 12.8 Å². The molecule has 2 atom stereocenters. The number of nitrogens with two attached hydrogens (primary N) is 1. The molecule has 100 valence electrons. The Morgan fingerprint density at radius 1 is 1.50 bits per heavy atom. The van der Waals surface area contributed by atoms with Gasteiger partial charge in [0.15, 0.2) is 0 Å². The minimum Gasteiger partial charge on any atom is -0.397 e. The molecule has 0 spiro atoms. The lowest BCUT2D eigenvalue weighted by molar-refractivity contribution is 0.149. The highest BCUT2D eigenvalue weighted by Gasteiger charge is 2.34. The largest absolute Gasteiger partial charge is 0.397 e. The van der Waals surface area contributed by atoms with Crippen molar-refractivity contribution < 1.29 is 5.11 Å². The van der Waals surface area contributed by atoms with Gasteiger partial charge >= 0.3 is 0 Å². The van der Waals surface area contributed by atoms with Gasteiger partial charge in [0.05, 0.1) is 23.5 Å². The fourth-order valence-electron chi connectivity index (χ4n) is 3.04. The van der Waals surface area contributed by atoms with E-state index in [1.807, 2.05) is 19.1 Å². The first-order valence-electron chi connectivity index (χ1n) is 6.80. The number of anilines is 2. The van der Waals surface area contributed by atoms with Crippen molar-refractivity contribution in [2.75, 3.05) is 17.7 Å². The summed E-state index contributed by atoms with van der Waals surface area (Å²) < 4.78 is 0. The summed E-state index contributed by atoms with van der Waals surface area (Å²) >= 11 is 0. The summed E-state index contributed by atoms with van der Waals surface area (Å²) in [6.07, 6.45) is 4.45. The van der Waals surface area contributed by atoms with Crippen molar-refractivity contribution in [3.05, 3.63) is 23.8 Å². The smallest absolute Gasteiger partial charge is 0.0661 e. The van der Waals surface area contributed by atoms with E-state index in [0.29, 0.717) is 5.92 Å². The van der Waals surface area contributed by atoms with Crippen molar-refractivity contribution >= 4 is 11.4 Å². The lowest BCUT2D eigenvalue weighted by atomic mass is 9.76. The normalized spacial score (nSPS) is 28.1. The molecule has 18 heavy (non-hydrogen) atoms. The van der Waals surface area contributed by atoms with Crippen LogP contribution in [0.15, 0.2) is 18.2 Å². The Balaban J connectivity index is 2.19. The van der Waals surface area contributed by atoms with Crippen LogP contribution in [0.2, 0.25) is 0 Å². The van der Waals surface area contributed by atoms with Crippen LogP contribution in [-0.4, -0.2) is 17.3 Å². The summed E-state index contributed by atoms with van der Waals surface area (Å²) in [4.78, 5) is 0. The monoisotopic (exact) mass is 248 g/mol. The Labute approximate surface area is 109 Å². The zero-order valence-electron chi connectivity index (χ0n) is 11.4. The molecule has 1 saturated carbocycles. The Morgan fingerprint density at radius 2 is 2.28 bits per heavy atom. The van der Waals surface area contributed by atoms with E-state index in [2.05, 4.69) is 18.3 Å². The second-order valence-corrected chi connectivity index (χ2v) is 5.86. The predicted octanol–water partition coefficient (Wildman–Crippen LogP) is 2.93. The molecule has 1 aliphatic carbocycles. The Kier molecular flexibility index (Phi) is 3.81. The molecule has 4 N–H and O–H groups in total. The Hall–Kier alpha value is -1.22. The first-order valence-corrected chi connectivity index (χ1v) is 6.80. The first-order chi connectivity index (χ1) is 8.54. The molecule has 0 saturated heterocycles. The van der Waals surface area contributed by atoms with E-state index in [4.69, 9.17) is 5.73 Å². The molecule has 0 aliphatic heterocycles. The van der Waals surface area contributed by atoms with E-state index in [-0.39, 0.29) is 12.1 Å². The van der Waals surface area contributed by atoms with Crippen LogP contribution in [0.25, 0.3) is 0 Å². The van der Waals surface area contributed by atoms with Crippen molar-refractivity contribution in [3.8, 4) is 0 Å². The van der Waals surface area contributed by atoms with Gasteiger partial charge < -0.3 is 16.2 Å². The minimum atomic E-state index is -0.193. The molecule has 0 aromatic heterocycles. The molecule has 0 heterocycles. The average molecular weight is 248 g/mol. The number of hydrogen-bond acceptors (Lipinski definition) is 3. The molecule has 3 nitrogen and oxygen atoms in total. The van der Waals surface area contributed by atoms with E-state index in [9.17, 15) is 5.11 Å². The Bertz CT molecular complexity index is 419. The number of benzene rings is 1. The molecule has 0 bridgehead atoms. The maximum absolute atomic E-state index is 9.76. The number of nitrogen functional groups attached to an aromatic ring is 1. The molecule has 1 aromatic carbocycles. The van der Waals surface area contributed by atoms with Crippen LogP contribution in [0.4, 0.5) is 11.4 Å². The van der Waals surface area contributed by atoms with Gasteiger partial charge in [-0.05, 0) is 43.4 Å². The predicted molar refractivity (Wildman–Crippen MR) is 76.7 cm³/mol. The third kappa shape index (κ3) is 2.78. The minimum absolute atomic E-state index is 0.171. The summed E-state index contributed by atoms with van der Waals surface area (Å²) in [5, 5.41) is 13.3. The third-order valence-electron chi connectivity index (χ3n) is 4.00. The van der Waals surface area contributed by atoms with Gasteiger partial charge in [-0.25, -0.2) is 0 Å². The number of aryl methyl sites for hydroxylation is 1. The van der Waals surface area contributed by atoms with Crippen LogP contribution in [0.3, 0.4) is 0 Å². The van der Waals surface area contributed by atoms with E-state index in [0.717, 1.165) is 29.8 Å². The average Bonchev–Trinajstić information content (AvgIpc) is 2.33. The van der Waals surface area contributed by atoms with E-state index < -0.39 is 0 Å². The quantitative estimate of drug-likeness (QED) is 0.721. The maximum atomic E-state index is 9.76. The molecule has 1 aliphatic rings. The number of rotatable bonds is 3. The van der Waals surface area contributed by atoms with Gasteiger partial charge in [0.2, 0.25) is 0 Å². The molecule has 0 radical (unpaired) electrons. The molecule has 0 amide bonds. The molecule has 2 rings (SSSR count). The number of nitrogens with one attached hydrogen (secondary N) is 1. The summed E-state index contributed by atoms with van der Waals surface area (Å²) in [5.41, 5.74) is 8.72. The molecular formula is C15H24N2O. The van der Waals surface area contributed by atoms with Crippen molar-refractivity contribution in [1.82, 2.24) is 0 Å². The topological polar surface area (TPSA) is 58.3 Å². The van der Waals surface area contributed by atoms with Gasteiger partial charge in [-0.1, -0.05) is 25.8 Å². The van der Waals surface area contributed by atoms with Gasteiger partial charge in [-0.3, -0.25) is 0 Å². The van der Waals surface area contributed by atoms with Gasteiger partial charge in [-0.15, -0.1) is 0 Å². The van der Waals surface area contributed by atoms with Gasteiger partial charge in [0.1, 0.15) is 0 Å². The molecule has 1 aromatic rings. The van der Waals surface area contributed by atoms with Gasteiger partial charge in [-0.2, -0.15) is 0 Å². The summed E-state index contributed by atoms with van der Waals surface area (Å²) in [6, 6.07) is 6.04. The first kappa shape index (κ1) is 13.2.